The average Bonchev–Trinajstić information content (AvgIpc) is 3.31. The van der Waals surface area contributed by atoms with E-state index in [4.69, 9.17) is 0 Å². The molecule has 4 aliphatic rings. The SMILES string of the molecule is C[C@]12CC=C3[C@@H](CC[C@]4(CCSc5cccs5)C[C@@H](O)CC[C@]34C)[C@@H]1CC[C@@H]2O. The summed E-state index contributed by atoms with van der Waals surface area (Å²) < 4.78 is 1.42. The third-order valence-corrected chi connectivity index (χ3v) is 11.8. The summed E-state index contributed by atoms with van der Waals surface area (Å²) in [7, 11) is 0. The highest BCUT2D eigenvalue weighted by atomic mass is 32.2. The molecule has 5 rings (SSSR count). The van der Waals surface area contributed by atoms with Crippen LogP contribution in [-0.4, -0.2) is 28.2 Å². The summed E-state index contributed by atoms with van der Waals surface area (Å²) in [5.41, 5.74) is 2.27. The van der Waals surface area contributed by atoms with Crippen molar-refractivity contribution in [3.8, 4) is 0 Å². The largest absolute Gasteiger partial charge is 0.393 e. The van der Waals surface area contributed by atoms with E-state index >= 15 is 0 Å². The van der Waals surface area contributed by atoms with E-state index in [0.29, 0.717) is 11.8 Å². The number of aliphatic hydroxyl groups is 2. The molecule has 1 aromatic heterocycles. The van der Waals surface area contributed by atoms with Gasteiger partial charge in [0.2, 0.25) is 0 Å². The van der Waals surface area contributed by atoms with E-state index in [1.165, 1.54) is 29.9 Å². The molecule has 2 nitrogen and oxygen atoms in total. The van der Waals surface area contributed by atoms with Crippen LogP contribution in [0.1, 0.15) is 71.6 Å². The van der Waals surface area contributed by atoms with Gasteiger partial charge in [-0.1, -0.05) is 31.6 Å². The number of fused-ring (bicyclic) bond motifs is 5. The summed E-state index contributed by atoms with van der Waals surface area (Å²) in [5, 5.41) is 23.5. The first-order valence-corrected chi connectivity index (χ1v) is 13.5. The van der Waals surface area contributed by atoms with E-state index in [9.17, 15) is 10.2 Å². The van der Waals surface area contributed by atoms with E-state index in [0.717, 1.165) is 37.9 Å². The van der Waals surface area contributed by atoms with E-state index in [2.05, 4.69) is 37.4 Å². The van der Waals surface area contributed by atoms with Crippen molar-refractivity contribution >= 4 is 23.1 Å². The highest BCUT2D eigenvalue weighted by Crippen LogP contribution is 2.69. The average molecular weight is 433 g/mol. The highest BCUT2D eigenvalue weighted by Gasteiger charge is 2.61. The van der Waals surface area contributed by atoms with Gasteiger partial charge in [-0.15, -0.1) is 23.1 Å². The van der Waals surface area contributed by atoms with Gasteiger partial charge < -0.3 is 10.2 Å². The molecule has 4 heteroatoms. The molecule has 0 radical (unpaired) electrons. The maximum atomic E-state index is 10.7. The van der Waals surface area contributed by atoms with Crippen LogP contribution in [0, 0.1) is 28.1 Å². The lowest BCUT2D eigenvalue weighted by molar-refractivity contribution is -0.0866. The topological polar surface area (TPSA) is 40.5 Å². The standard InChI is InChI=1S/C25H36O2S2/c1-23-10-9-20-18(19(23)5-6-21(23)27)8-12-25(13-15-29-22-4-3-14-28-22)16-17(26)7-11-24(20,25)2/h3-4,9,14,17-19,21,26-27H,5-8,10-13,15-16H2,1-2H3/t17-,18-,19-,21-,23-,24+,25-/m0/s1. The third kappa shape index (κ3) is 3.11. The summed E-state index contributed by atoms with van der Waals surface area (Å²) >= 11 is 3.84. The second-order valence-corrected chi connectivity index (χ2v) is 13.1. The Bertz CT molecular complexity index is 774. The minimum Gasteiger partial charge on any atom is -0.393 e. The van der Waals surface area contributed by atoms with E-state index in [1.807, 2.05) is 23.1 Å². The Kier molecular flexibility index (Phi) is 5.25. The van der Waals surface area contributed by atoms with E-state index in [1.54, 1.807) is 5.57 Å². The molecule has 4 aliphatic carbocycles. The number of thiophene rings is 1. The minimum absolute atomic E-state index is 0.0910. The van der Waals surface area contributed by atoms with Gasteiger partial charge in [0.05, 0.1) is 16.4 Å². The smallest absolute Gasteiger partial charge is 0.0599 e. The molecule has 7 atom stereocenters. The molecule has 0 aliphatic heterocycles. The lowest BCUT2D eigenvalue weighted by Gasteiger charge is -2.62. The molecular weight excluding hydrogens is 396 g/mol. The molecule has 2 N–H and O–H groups in total. The van der Waals surface area contributed by atoms with Crippen molar-refractivity contribution in [1.82, 2.24) is 0 Å². The number of hydrogen-bond donors (Lipinski definition) is 2. The second kappa shape index (κ2) is 7.39. The molecule has 0 unspecified atom stereocenters. The van der Waals surface area contributed by atoms with Crippen LogP contribution < -0.4 is 0 Å². The van der Waals surface area contributed by atoms with Crippen molar-refractivity contribution in [2.24, 2.45) is 28.1 Å². The Morgan fingerprint density at radius 1 is 1.14 bits per heavy atom. The van der Waals surface area contributed by atoms with Crippen LogP contribution in [-0.2, 0) is 0 Å². The number of allylic oxidation sites excluding steroid dienone is 2. The maximum Gasteiger partial charge on any atom is 0.0599 e. The van der Waals surface area contributed by atoms with Crippen LogP contribution in [0.5, 0.6) is 0 Å². The molecule has 0 bridgehead atoms. The quantitative estimate of drug-likeness (QED) is 0.434. The number of thioether (sulfide) groups is 1. The molecule has 3 fully saturated rings. The Balaban J connectivity index is 1.44. The second-order valence-electron chi connectivity index (χ2n) is 10.8. The molecule has 3 saturated carbocycles. The Hall–Kier alpha value is -0.290. The van der Waals surface area contributed by atoms with Gasteiger partial charge >= 0.3 is 0 Å². The van der Waals surface area contributed by atoms with Crippen LogP contribution in [0.25, 0.3) is 0 Å². The molecule has 29 heavy (non-hydrogen) atoms. The lowest BCUT2D eigenvalue weighted by atomic mass is 9.42. The van der Waals surface area contributed by atoms with Gasteiger partial charge in [0.25, 0.3) is 0 Å². The first-order chi connectivity index (χ1) is 13.9. The number of aliphatic hydroxyl groups excluding tert-OH is 2. The summed E-state index contributed by atoms with van der Waals surface area (Å²) in [5.74, 6) is 2.46. The van der Waals surface area contributed by atoms with Gasteiger partial charge in [0, 0.05) is 5.41 Å². The van der Waals surface area contributed by atoms with Gasteiger partial charge in [-0.05, 0) is 97.7 Å². The lowest BCUT2D eigenvalue weighted by Crippen LogP contribution is -2.55. The molecule has 0 aromatic carbocycles. The molecule has 1 aromatic rings. The molecule has 0 amide bonds. The van der Waals surface area contributed by atoms with Crippen LogP contribution in [0.3, 0.4) is 0 Å². The van der Waals surface area contributed by atoms with Crippen molar-refractivity contribution in [2.75, 3.05) is 5.75 Å². The van der Waals surface area contributed by atoms with Crippen LogP contribution in [0.2, 0.25) is 0 Å². The van der Waals surface area contributed by atoms with Crippen molar-refractivity contribution in [1.29, 1.82) is 0 Å². The zero-order chi connectivity index (χ0) is 20.3. The minimum atomic E-state index is -0.130. The Morgan fingerprint density at radius 2 is 2.00 bits per heavy atom. The molecule has 1 heterocycles. The van der Waals surface area contributed by atoms with Crippen molar-refractivity contribution in [2.45, 2.75) is 88.1 Å². The Labute approximate surface area is 184 Å². The van der Waals surface area contributed by atoms with Crippen molar-refractivity contribution < 1.29 is 10.2 Å². The zero-order valence-corrected chi connectivity index (χ0v) is 19.5. The van der Waals surface area contributed by atoms with Gasteiger partial charge in [-0.25, -0.2) is 0 Å². The summed E-state index contributed by atoms with van der Waals surface area (Å²) in [6.07, 6.45) is 12.3. The molecule has 0 saturated heterocycles. The fourth-order valence-corrected chi connectivity index (χ4v) is 9.84. The van der Waals surface area contributed by atoms with Gasteiger partial charge in [-0.3, -0.25) is 0 Å². The summed E-state index contributed by atoms with van der Waals surface area (Å²) in [6.45, 7) is 4.88. The fraction of sp³-hybridized carbons (Fsp3) is 0.760. The summed E-state index contributed by atoms with van der Waals surface area (Å²) in [4.78, 5) is 0. The van der Waals surface area contributed by atoms with Crippen molar-refractivity contribution in [3.63, 3.8) is 0 Å². The van der Waals surface area contributed by atoms with Gasteiger partial charge in [-0.2, -0.15) is 0 Å². The van der Waals surface area contributed by atoms with Crippen LogP contribution in [0.15, 0.2) is 33.4 Å². The normalized spacial score (nSPS) is 46.6. The van der Waals surface area contributed by atoms with Crippen LogP contribution in [0.4, 0.5) is 0 Å². The van der Waals surface area contributed by atoms with Crippen molar-refractivity contribution in [3.05, 3.63) is 29.2 Å². The first-order valence-electron chi connectivity index (χ1n) is 11.6. The first kappa shape index (κ1) is 20.6. The predicted molar refractivity (Wildman–Crippen MR) is 122 cm³/mol. The fourth-order valence-electron chi connectivity index (χ4n) is 7.84. The third-order valence-electron chi connectivity index (χ3n) is 9.67. The Morgan fingerprint density at radius 3 is 2.79 bits per heavy atom. The van der Waals surface area contributed by atoms with Gasteiger partial charge in [0.1, 0.15) is 0 Å². The molecule has 160 valence electrons. The number of hydrogen-bond acceptors (Lipinski definition) is 4. The molecule has 0 spiro atoms. The highest BCUT2D eigenvalue weighted by molar-refractivity contribution is 8.01. The zero-order valence-electron chi connectivity index (χ0n) is 17.9. The monoisotopic (exact) mass is 432 g/mol. The van der Waals surface area contributed by atoms with Crippen LogP contribution >= 0.6 is 23.1 Å². The van der Waals surface area contributed by atoms with E-state index in [-0.39, 0.29) is 28.5 Å². The summed E-state index contributed by atoms with van der Waals surface area (Å²) in [6, 6.07) is 4.37. The van der Waals surface area contributed by atoms with Gasteiger partial charge in [0.15, 0.2) is 0 Å². The molecular formula is C25H36O2S2. The predicted octanol–water partition coefficient (Wildman–Crippen LogP) is 6.29. The number of rotatable bonds is 4. The van der Waals surface area contributed by atoms with E-state index < -0.39 is 0 Å². The maximum absolute atomic E-state index is 10.7.